The minimum atomic E-state index is -3.62. The van der Waals surface area contributed by atoms with E-state index in [-0.39, 0.29) is 19.0 Å². The van der Waals surface area contributed by atoms with E-state index in [0.717, 1.165) is 12.8 Å². The molecule has 0 amide bonds. The monoisotopic (exact) mass is 477 g/mol. The van der Waals surface area contributed by atoms with E-state index < -0.39 is 53.0 Å². The Balaban J connectivity index is 2.00. The van der Waals surface area contributed by atoms with Crippen molar-refractivity contribution >= 4 is 5.97 Å². The zero-order valence-corrected chi connectivity index (χ0v) is 17.9. The lowest BCUT2D eigenvalue weighted by atomic mass is 10.1. The summed E-state index contributed by atoms with van der Waals surface area (Å²) in [5.41, 5.74) is -2.31. The highest BCUT2D eigenvalue weighted by Gasteiger charge is 2.39. The molecular formula is C20H23F4N3O6. The summed E-state index contributed by atoms with van der Waals surface area (Å²) in [5, 5.41) is 13.3. The molecule has 1 fully saturated rings. The molecule has 1 aliphatic rings. The first-order valence-electron chi connectivity index (χ1n) is 10.2. The number of aromatic nitrogens is 3. The Morgan fingerprint density at radius 2 is 2.12 bits per heavy atom. The van der Waals surface area contributed by atoms with Gasteiger partial charge in [-0.2, -0.15) is 9.07 Å². The number of hydrogen-bond acceptors (Lipinski definition) is 6. The molecule has 1 N–H and O–H groups in total. The first-order valence-corrected chi connectivity index (χ1v) is 10.2. The van der Waals surface area contributed by atoms with Gasteiger partial charge in [0.05, 0.1) is 0 Å². The van der Waals surface area contributed by atoms with E-state index in [4.69, 9.17) is 9.47 Å². The largest absolute Gasteiger partial charge is 0.478 e. The van der Waals surface area contributed by atoms with E-state index >= 15 is 0 Å². The van der Waals surface area contributed by atoms with Crippen molar-refractivity contribution in [2.45, 2.75) is 64.8 Å². The van der Waals surface area contributed by atoms with Gasteiger partial charge in [-0.1, -0.05) is 0 Å². The number of carboxylic acids is 1. The Morgan fingerprint density at radius 3 is 2.70 bits per heavy atom. The summed E-state index contributed by atoms with van der Waals surface area (Å²) in [5.74, 6) is -7.28. The van der Waals surface area contributed by atoms with Crippen LogP contribution in [0.1, 0.15) is 49.3 Å². The molecule has 1 aromatic carbocycles. The van der Waals surface area contributed by atoms with Gasteiger partial charge in [-0.05, 0) is 32.3 Å². The molecule has 0 aliphatic carbocycles. The molecule has 9 nitrogen and oxygen atoms in total. The normalized spacial score (nSPS) is 18.3. The van der Waals surface area contributed by atoms with Crippen LogP contribution in [-0.4, -0.2) is 50.6 Å². The summed E-state index contributed by atoms with van der Waals surface area (Å²) >= 11 is 0. The van der Waals surface area contributed by atoms with Crippen molar-refractivity contribution in [3.63, 3.8) is 0 Å². The van der Waals surface area contributed by atoms with Gasteiger partial charge < -0.3 is 19.3 Å². The average Bonchev–Trinajstić information content (AvgIpc) is 3.08. The fourth-order valence-corrected chi connectivity index (χ4v) is 3.24. The third kappa shape index (κ3) is 5.36. The van der Waals surface area contributed by atoms with Crippen LogP contribution in [0.4, 0.5) is 17.6 Å². The number of alkyl halides is 3. The van der Waals surface area contributed by atoms with Gasteiger partial charge in [0.25, 0.3) is 0 Å². The molecule has 182 valence electrons. The van der Waals surface area contributed by atoms with Crippen LogP contribution in [0.3, 0.4) is 0 Å². The van der Waals surface area contributed by atoms with E-state index in [9.17, 15) is 32.3 Å². The van der Waals surface area contributed by atoms with Crippen molar-refractivity contribution in [1.29, 1.82) is 0 Å². The van der Waals surface area contributed by atoms with Gasteiger partial charge in [-0.25, -0.2) is 22.8 Å². The second kappa shape index (κ2) is 9.91. The van der Waals surface area contributed by atoms with Crippen molar-refractivity contribution in [3.8, 4) is 11.4 Å². The highest BCUT2D eigenvalue weighted by molar-refractivity contribution is 5.91. The number of halogens is 4. The Morgan fingerprint density at radius 1 is 1.39 bits per heavy atom. The van der Waals surface area contributed by atoms with Gasteiger partial charge in [0, 0.05) is 26.1 Å². The van der Waals surface area contributed by atoms with Gasteiger partial charge in [0.1, 0.15) is 29.4 Å². The molecule has 33 heavy (non-hydrogen) atoms. The Labute approximate surface area is 185 Å². The maximum atomic E-state index is 14.7. The molecular weight excluding hydrogens is 454 g/mol. The molecule has 2 aromatic rings. The first-order chi connectivity index (χ1) is 15.5. The molecule has 2 unspecified atom stereocenters. The maximum Gasteiger partial charge on any atom is 0.350 e. The van der Waals surface area contributed by atoms with Gasteiger partial charge >= 0.3 is 23.9 Å². The number of carbonyl (C=O) groups is 1. The molecule has 1 aliphatic heterocycles. The summed E-state index contributed by atoms with van der Waals surface area (Å²) in [6.45, 7) is 2.59. The highest BCUT2D eigenvalue weighted by atomic mass is 19.3. The third-order valence-electron chi connectivity index (χ3n) is 5.00. The summed E-state index contributed by atoms with van der Waals surface area (Å²) < 4.78 is 72.1. The average molecular weight is 477 g/mol. The van der Waals surface area contributed by atoms with Crippen LogP contribution in [-0.2, 0) is 22.6 Å². The van der Waals surface area contributed by atoms with Crippen LogP contribution in [0, 0.1) is 5.82 Å². The van der Waals surface area contributed by atoms with Crippen molar-refractivity contribution in [3.05, 3.63) is 39.8 Å². The summed E-state index contributed by atoms with van der Waals surface area (Å²) in [6, 6.07) is 1.08. The quantitative estimate of drug-likeness (QED) is 0.553. The third-order valence-corrected chi connectivity index (χ3v) is 5.00. The summed E-state index contributed by atoms with van der Waals surface area (Å²) in [6.07, 6.45) is -1.62. The van der Waals surface area contributed by atoms with Crippen molar-refractivity contribution in [2.24, 2.45) is 0 Å². The van der Waals surface area contributed by atoms with Gasteiger partial charge in [0.15, 0.2) is 12.1 Å². The number of hydrogen-bond donors (Lipinski definition) is 1. The number of nitrogens with zero attached hydrogens (tertiary/aromatic N) is 3. The molecule has 0 radical (unpaired) electrons. The molecule has 0 spiro atoms. The fraction of sp³-hybridized carbons (Fsp3) is 0.550. The van der Waals surface area contributed by atoms with Crippen LogP contribution >= 0.6 is 0 Å². The van der Waals surface area contributed by atoms with Gasteiger partial charge in [0.2, 0.25) is 0 Å². The first kappa shape index (κ1) is 24.7. The van der Waals surface area contributed by atoms with E-state index in [1.54, 1.807) is 6.92 Å². The van der Waals surface area contributed by atoms with Crippen LogP contribution in [0.25, 0.3) is 5.69 Å². The van der Waals surface area contributed by atoms with Crippen LogP contribution < -0.4 is 10.4 Å². The Kier molecular flexibility index (Phi) is 7.42. The number of carboxylic acid groups (broad SMARTS) is 1. The Hall–Kier alpha value is -2.93. The molecule has 0 saturated carbocycles. The van der Waals surface area contributed by atoms with E-state index in [1.165, 1.54) is 4.57 Å². The van der Waals surface area contributed by atoms with E-state index in [1.807, 2.05) is 0 Å². The van der Waals surface area contributed by atoms with Crippen molar-refractivity contribution < 1.29 is 41.7 Å². The zero-order valence-electron chi connectivity index (χ0n) is 17.9. The SMILES string of the molecule is CCn1c(COC2CCCCO2)nn(-c2cc(OC(C)(F)C(F)F)c(C(=O)O)cc2F)c1=O. The molecule has 1 saturated heterocycles. The van der Waals surface area contributed by atoms with Crippen LogP contribution in [0.15, 0.2) is 16.9 Å². The maximum absolute atomic E-state index is 14.7. The lowest BCUT2D eigenvalue weighted by Gasteiger charge is -2.22. The molecule has 3 rings (SSSR count). The number of benzene rings is 1. The summed E-state index contributed by atoms with van der Waals surface area (Å²) in [7, 11) is 0. The number of ether oxygens (including phenoxy) is 3. The summed E-state index contributed by atoms with van der Waals surface area (Å²) in [4.78, 5) is 24.2. The topological polar surface area (TPSA) is 105 Å². The predicted octanol–water partition coefficient (Wildman–Crippen LogP) is 3.26. The molecule has 13 heteroatoms. The molecule has 2 heterocycles. The molecule has 1 aromatic heterocycles. The number of aromatic carboxylic acids is 1. The smallest absolute Gasteiger partial charge is 0.350 e. The molecule has 0 bridgehead atoms. The predicted molar refractivity (Wildman–Crippen MR) is 105 cm³/mol. The zero-order chi connectivity index (χ0) is 24.3. The van der Waals surface area contributed by atoms with Crippen molar-refractivity contribution in [2.75, 3.05) is 6.61 Å². The van der Waals surface area contributed by atoms with E-state index in [0.29, 0.717) is 36.8 Å². The van der Waals surface area contributed by atoms with Crippen LogP contribution in [0.2, 0.25) is 0 Å². The lowest BCUT2D eigenvalue weighted by Crippen LogP contribution is -2.35. The van der Waals surface area contributed by atoms with Gasteiger partial charge in [-0.3, -0.25) is 4.57 Å². The Bertz CT molecular complexity index is 1060. The van der Waals surface area contributed by atoms with Gasteiger partial charge in [-0.15, -0.1) is 5.10 Å². The van der Waals surface area contributed by atoms with Crippen LogP contribution in [0.5, 0.6) is 5.75 Å². The second-order valence-corrected chi connectivity index (χ2v) is 7.46. The fourth-order valence-electron chi connectivity index (χ4n) is 3.24. The minimum Gasteiger partial charge on any atom is -0.478 e. The minimum absolute atomic E-state index is 0.128. The van der Waals surface area contributed by atoms with Crippen molar-refractivity contribution in [1.82, 2.24) is 14.3 Å². The lowest BCUT2D eigenvalue weighted by molar-refractivity contribution is -0.170. The molecule has 2 atom stereocenters. The number of rotatable bonds is 9. The second-order valence-electron chi connectivity index (χ2n) is 7.46. The standard InChI is InChI=1S/C20H23F4N3O6/c1-3-26-15(10-32-16-6-4-5-7-31-16)25-27(19(26)30)13-9-14(33-20(2,24)18(22)23)11(17(28)29)8-12(13)21/h8-9,16,18H,3-7,10H2,1-2H3,(H,28,29). The highest BCUT2D eigenvalue weighted by Crippen LogP contribution is 2.31. The van der Waals surface area contributed by atoms with E-state index in [2.05, 4.69) is 9.84 Å².